The predicted molar refractivity (Wildman–Crippen MR) is 121 cm³/mol. The molecule has 0 aliphatic carbocycles. The first-order chi connectivity index (χ1) is 13.1. The average Bonchev–Trinajstić information content (AvgIpc) is 3.08. The molecule has 150 valence electrons. The van der Waals surface area contributed by atoms with Crippen LogP contribution in [-0.2, 0) is 6.42 Å². The lowest BCUT2D eigenvalue weighted by atomic mass is 10.1. The van der Waals surface area contributed by atoms with Gasteiger partial charge in [0.2, 0.25) is 0 Å². The zero-order chi connectivity index (χ0) is 19.2. The fraction of sp³-hybridized carbons (Fsp3) is 0.286. The van der Waals surface area contributed by atoms with Crippen molar-refractivity contribution in [3.63, 3.8) is 0 Å². The lowest BCUT2D eigenvalue weighted by Crippen LogP contribution is -2.05. The maximum absolute atomic E-state index is 5.36. The molecule has 0 amide bonds. The van der Waals surface area contributed by atoms with Crippen LogP contribution in [0.5, 0.6) is 17.2 Å². The summed E-state index contributed by atoms with van der Waals surface area (Å²) in [6, 6.07) is 14.0. The normalized spacial score (nSPS) is 10.1. The van der Waals surface area contributed by atoms with Gasteiger partial charge in [0.25, 0.3) is 0 Å². The fourth-order valence-corrected chi connectivity index (χ4v) is 3.70. The number of anilines is 1. The molecule has 1 heterocycles. The van der Waals surface area contributed by atoms with Gasteiger partial charge in [-0.05, 0) is 55.3 Å². The van der Waals surface area contributed by atoms with Crippen molar-refractivity contribution in [1.82, 2.24) is 4.98 Å². The molecule has 0 aliphatic heterocycles. The van der Waals surface area contributed by atoms with Crippen LogP contribution in [-0.4, -0.2) is 32.9 Å². The van der Waals surface area contributed by atoms with Gasteiger partial charge in [0.05, 0.1) is 27.0 Å². The van der Waals surface area contributed by atoms with Crippen LogP contribution < -0.4 is 19.5 Å². The Morgan fingerprint density at radius 2 is 1.64 bits per heavy atom. The standard InChI is InChI=1S/C21H24N2O3S.BrH/c1-14-20(16-6-8-17(24-2)9-7-16)23-21(27-14)22-12-11-15-5-10-18(25-3)19(13-15)26-4;/h5-10,13H,11-12H2,1-4H3,(H,22,23);1H. The molecule has 28 heavy (non-hydrogen) atoms. The predicted octanol–water partition coefficient (Wildman–Crippen LogP) is 5.38. The number of aromatic nitrogens is 1. The van der Waals surface area contributed by atoms with Gasteiger partial charge in [-0.2, -0.15) is 0 Å². The molecule has 3 aromatic rings. The Morgan fingerprint density at radius 1 is 0.929 bits per heavy atom. The topological polar surface area (TPSA) is 52.6 Å². The molecule has 3 rings (SSSR count). The van der Waals surface area contributed by atoms with E-state index >= 15 is 0 Å². The highest BCUT2D eigenvalue weighted by atomic mass is 79.9. The van der Waals surface area contributed by atoms with E-state index in [1.165, 1.54) is 10.4 Å². The molecule has 0 aliphatic rings. The van der Waals surface area contributed by atoms with E-state index in [0.29, 0.717) is 0 Å². The van der Waals surface area contributed by atoms with E-state index < -0.39 is 0 Å². The zero-order valence-corrected chi connectivity index (χ0v) is 19.0. The number of aryl methyl sites for hydroxylation is 1. The average molecular weight is 465 g/mol. The van der Waals surface area contributed by atoms with Crippen molar-refractivity contribution >= 4 is 33.4 Å². The smallest absolute Gasteiger partial charge is 0.183 e. The molecule has 0 radical (unpaired) electrons. The van der Waals surface area contributed by atoms with Gasteiger partial charge in [-0.3, -0.25) is 0 Å². The molecular formula is C21H25BrN2O3S. The number of thiazole rings is 1. The number of hydrogen-bond donors (Lipinski definition) is 1. The Balaban J connectivity index is 0.00000280. The number of halogens is 1. The number of hydrogen-bond acceptors (Lipinski definition) is 6. The summed E-state index contributed by atoms with van der Waals surface area (Å²) in [4.78, 5) is 5.94. The van der Waals surface area contributed by atoms with Crippen molar-refractivity contribution in [3.05, 3.63) is 52.9 Å². The quantitative estimate of drug-likeness (QED) is 0.484. The molecule has 0 saturated carbocycles. The third kappa shape index (κ3) is 5.17. The molecule has 7 heteroatoms. The Bertz CT molecular complexity index is 897. The van der Waals surface area contributed by atoms with Crippen LogP contribution in [0.2, 0.25) is 0 Å². The number of nitrogens with one attached hydrogen (secondary N) is 1. The molecule has 0 unspecified atom stereocenters. The minimum absolute atomic E-state index is 0. The number of methoxy groups -OCH3 is 3. The number of ether oxygens (including phenoxy) is 3. The second kappa shape index (κ2) is 10.3. The molecule has 1 aromatic heterocycles. The summed E-state index contributed by atoms with van der Waals surface area (Å²) in [7, 11) is 4.97. The van der Waals surface area contributed by atoms with Gasteiger partial charge in [-0.1, -0.05) is 6.07 Å². The van der Waals surface area contributed by atoms with Gasteiger partial charge >= 0.3 is 0 Å². The Kier molecular flexibility index (Phi) is 8.14. The Morgan fingerprint density at radius 3 is 2.29 bits per heavy atom. The van der Waals surface area contributed by atoms with Crippen molar-refractivity contribution in [2.24, 2.45) is 0 Å². The lowest BCUT2D eigenvalue weighted by molar-refractivity contribution is 0.354. The lowest BCUT2D eigenvalue weighted by Gasteiger charge is -2.09. The van der Waals surface area contributed by atoms with Gasteiger partial charge in [-0.15, -0.1) is 28.3 Å². The van der Waals surface area contributed by atoms with Crippen LogP contribution in [0.1, 0.15) is 10.4 Å². The Labute approximate surface area is 180 Å². The van der Waals surface area contributed by atoms with E-state index in [9.17, 15) is 0 Å². The van der Waals surface area contributed by atoms with E-state index in [-0.39, 0.29) is 17.0 Å². The summed E-state index contributed by atoms with van der Waals surface area (Å²) in [5.41, 5.74) is 3.29. The molecule has 0 atom stereocenters. The largest absolute Gasteiger partial charge is 0.497 e. The second-order valence-corrected chi connectivity index (χ2v) is 7.22. The monoisotopic (exact) mass is 464 g/mol. The fourth-order valence-electron chi connectivity index (χ4n) is 2.84. The Hall–Kier alpha value is -2.25. The van der Waals surface area contributed by atoms with Gasteiger partial charge in [0, 0.05) is 17.0 Å². The van der Waals surface area contributed by atoms with Crippen molar-refractivity contribution in [3.8, 4) is 28.5 Å². The third-order valence-corrected chi connectivity index (χ3v) is 5.23. The first kappa shape index (κ1) is 22.0. The highest BCUT2D eigenvalue weighted by molar-refractivity contribution is 8.93. The van der Waals surface area contributed by atoms with Crippen LogP contribution >= 0.6 is 28.3 Å². The molecule has 0 saturated heterocycles. The minimum Gasteiger partial charge on any atom is -0.497 e. The molecule has 0 fully saturated rings. The maximum Gasteiger partial charge on any atom is 0.183 e. The van der Waals surface area contributed by atoms with Crippen molar-refractivity contribution in [2.45, 2.75) is 13.3 Å². The number of benzene rings is 2. The molecule has 1 N–H and O–H groups in total. The van der Waals surface area contributed by atoms with Crippen LogP contribution in [0.15, 0.2) is 42.5 Å². The first-order valence-corrected chi connectivity index (χ1v) is 9.53. The van der Waals surface area contributed by atoms with Gasteiger partial charge in [-0.25, -0.2) is 4.98 Å². The van der Waals surface area contributed by atoms with Crippen LogP contribution in [0.4, 0.5) is 5.13 Å². The zero-order valence-electron chi connectivity index (χ0n) is 16.4. The van der Waals surface area contributed by atoms with Crippen molar-refractivity contribution in [1.29, 1.82) is 0 Å². The van der Waals surface area contributed by atoms with E-state index in [1.807, 2.05) is 36.4 Å². The third-order valence-electron chi connectivity index (χ3n) is 4.30. The molecule has 2 aromatic carbocycles. The summed E-state index contributed by atoms with van der Waals surface area (Å²) in [5.74, 6) is 2.34. The van der Waals surface area contributed by atoms with Crippen molar-refractivity contribution in [2.75, 3.05) is 33.2 Å². The molecule has 0 bridgehead atoms. The summed E-state index contributed by atoms with van der Waals surface area (Å²) >= 11 is 1.67. The van der Waals surface area contributed by atoms with E-state index in [2.05, 4.69) is 18.3 Å². The van der Waals surface area contributed by atoms with Crippen LogP contribution in [0.25, 0.3) is 11.3 Å². The number of rotatable bonds is 8. The highest BCUT2D eigenvalue weighted by Gasteiger charge is 2.10. The molecular weight excluding hydrogens is 440 g/mol. The summed E-state index contributed by atoms with van der Waals surface area (Å²) < 4.78 is 15.9. The number of nitrogens with zero attached hydrogens (tertiary/aromatic N) is 1. The van der Waals surface area contributed by atoms with Gasteiger partial charge in [0.1, 0.15) is 5.75 Å². The van der Waals surface area contributed by atoms with Crippen molar-refractivity contribution < 1.29 is 14.2 Å². The first-order valence-electron chi connectivity index (χ1n) is 8.71. The summed E-state index contributed by atoms with van der Waals surface area (Å²) in [5, 5.41) is 4.35. The van der Waals surface area contributed by atoms with Crippen LogP contribution in [0.3, 0.4) is 0 Å². The van der Waals surface area contributed by atoms with Crippen LogP contribution in [0, 0.1) is 6.92 Å². The minimum atomic E-state index is 0. The second-order valence-electron chi connectivity index (χ2n) is 6.02. The summed E-state index contributed by atoms with van der Waals surface area (Å²) in [6.07, 6.45) is 0.872. The van der Waals surface area contributed by atoms with Gasteiger partial charge in [0.15, 0.2) is 16.6 Å². The van der Waals surface area contributed by atoms with E-state index in [1.54, 1.807) is 32.7 Å². The highest BCUT2D eigenvalue weighted by Crippen LogP contribution is 2.31. The molecule has 5 nitrogen and oxygen atoms in total. The molecule has 0 spiro atoms. The van der Waals surface area contributed by atoms with E-state index in [4.69, 9.17) is 19.2 Å². The maximum atomic E-state index is 5.36. The van der Waals surface area contributed by atoms with E-state index in [0.717, 1.165) is 46.6 Å². The SMILES string of the molecule is Br.COc1ccc(-c2nc(NCCc3ccc(OC)c(OC)c3)sc2C)cc1. The summed E-state index contributed by atoms with van der Waals surface area (Å²) in [6.45, 7) is 2.89. The van der Waals surface area contributed by atoms with Gasteiger partial charge < -0.3 is 19.5 Å².